The lowest BCUT2D eigenvalue weighted by Gasteiger charge is -2.25. The summed E-state index contributed by atoms with van der Waals surface area (Å²) in [5.74, 6) is -0.205. The lowest BCUT2D eigenvalue weighted by Crippen LogP contribution is -2.23. The van der Waals surface area contributed by atoms with Crippen LogP contribution in [0.5, 0.6) is 0 Å². The molecule has 1 aromatic heterocycles. The van der Waals surface area contributed by atoms with E-state index in [0.29, 0.717) is 5.52 Å². The summed E-state index contributed by atoms with van der Waals surface area (Å²) in [6, 6.07) is 5.17. The third-order valence-electron chi connectivity index (χ3n) is 3.50. The van der Waals surface area contributed by atoms with Crippen LogP contribution in [0.25, 0.3) is 10.9 Å². The van der Waals surface area contributed by atoms with Crippen molar-refractivity contribution in [3.05, 3.63) is 35.3 Å². The Kier molecular flexibility index (Phi) is 1.84. The second kappa shape index (κ2) is 2.91. The molecule has 1 aliphatic rings. The number of H-pyrrole nitrogens is 1. The molecule has 0 spiro atoms. The molecule has 17 heavy (non-hydrogen) atoms. The molecule has 0 unspecified atom stereocenters. The van der Waals surface area contributed by atoms with Gasteiger partial charge in [0, 0.05) is 10.9 Å². The SMILES string of the molecule is CC1(C)OC(C)(C)c2c1[nH]c1c(F)cccc21. The van der Waals surface area contributed by atoms with Crippen LogP contribution in [0, 0.1) is 5.82 Å². The molecule has 2 heterocycles. The molecule has 90 valence electrons. The number of benzene rings is 1. The average Bonchev–Trinajstić information content (AvgIpc) is 2.64. The summed E-state index contributed by atoms with van der Waals surface area (Å²) in [7, 11) is 0. The highest BCUT2D eigenvalue weighted by Crippen LogP contribution is 2.49. The molecule has 0 fully saturated rings. The van der Waals surface area contributed by atoms with Gasteiger partial charge in [0.1, 0.15) is 11.4 Å². The van der Waals surface area contributed by atoms with Crippen molar-refractivity contribution in [1.82, 2.24) is 4.98 Å². The van der Waals surface area contributed by atoms with Crippen LogP contribution in [0.4, 0.5) is 4.39 Å². The summed E-state index contributed by atoms with van der Waals surface area (Å²) < 4.78 is 19.8. The molecule has 0 saturated carbocycles. The number of aromatic nitrogens is 1. The molecule has 2 aromatic rings. The zero-order valence-corrected chi connectivity index (χ0v) is 10.5. The number of rotatable bonds is 0. The van der Waals surface area contributed by atoms with Gasteiger partial charge in [-0.2, -0.15) is 0 Å². The van der Waals surface area contributed by atoms with Crippen molar-refractivity contribution in [2.75, 3.05) is 0 Å². The van der Waals surface area contributed by atoms with E-state index < -0.39 is 5.60 Å². The molecule has 0 amide bonds. The number of nitrogens with one attached hydrogen (secondary N) is 1. The number of halogens is 1. The van der Waals surface area contributed by atoms with Gasteiger partial charge in [-0.25, -0.2) is 4.39 Å². The maximum Gasteiger partial charge on any atom is 0.147 e. The van der Waals surface area contributed by atoms with E-state index in [0.717, 1.165) is 16.6 Å². The molecule has 0 saturated heterocycles. The Morgan fingerprint density at radius 1 is 1.12 bits per heavy atom. The van der Waals surface area contributed by atoms with Gasteiger partial charge < -0.3 is 9.72 Å². The molecule has 3 rings (SSSR count). The van der Waals surface area contributed by atoms with Gasteiger partial charge in [-0.3, -0.25) is 0 Å². The van der Waals surface area contributed by atoms with Crippen LogP contribution in [-0.2, 0) is 15.9 Å². The van der Waals surface area contributed by atoms with Crippen LogP contribution in [0.1, 0.15) is 39.0 Å². The van der Waals surface area contributed by atoms with E-state index in [1.54, 1.807) is 6.07 Å². The molecule has 0 bridgehead atoms. The summed E-state index contributed by atoms with van der Waals surface area (Å²) in [5.41, 5.74) is 1.87. The molecule has 0 radical (unpaired) electrons. The summed E-state index contributed by atoms with van der Waals surface area (Å²) in [6.07, 6.45) is 0. The van der Waals surface area contributed by atoms with Crippen molar-refractivity contribution in [2.45, 2.75) is 38.9 Å². The molecule has 0 atom stereocenters. The van der Waals surface area contributed by atoms with Gasteiger partial charge in [0.15, 0.2) is 0 Å². The van der Waals surface area contributed by atoms with E-state index in [-0.39, 0.29) is 11.4 Å². The lowest BCUT2D eigenvalue weighted by molar-refractivity contribution is -0.106. The maximum atomic E-state index is 13.8. The normalized spacial score (nSPS) is 20.8. The Hall–Kier alpha value is -1.35. The van der Waals surface area contributed by atoms with E-state index in [2.05, 4.69) is 4.98 Å². The fourth-order valence-electron chi connectivity index (χ4n) is 3.00. The Balaban J connectivity index is 2.45. The van der Waals surface area contributed by atoms with Crippen LogP contribution in [0.3, 0.4) is 0 Å². The van der Waals surface area contributed by atoms with Crippen LogP contribution < -0.4 is 0 Å². The highest BCUT2D eigenvalue weighted by Gasteiger charge is 2.45. The molecule has 1 aliphatic heterocycles. The molecular formula is C14H16FNO. The average molecular weight is 233 g/mol. The number of aromatic amines is 1. The van der Waals surface area contributed by atoms with Crippen molar-refractivity contribution >= 4 is 10.9 Å². The van der Waals surface area contributed by atoms with Crippen molar-refractivity contribution in [3.63, 3.8) is 0 Å². The standard InChI is InChI=1S/C14H16FNO/c1-13(2)10-8-6-5-7-9(15)11(8)16-12(10)14(3,4)17-13/h5-7,16H,1-4H3. The first-order valence-electron chi connectivity index (χ1n) is 5.84. The Bertz CT molecular complexity index is 610. The second-order valence-corrected chi connectivity index (χ2v) is 5.66. The van der Waals surface area contributed by atoms with Crippen LogP contribution >= 0.6 is 0 Å². The first-order chi connectivity index (χ1) is 7.83. The van der Waals surface area contributed by atoms with Gasteiger partial charge in [-0.05, 0) is 33.8 Å². The maximum absolute atomic E-state index is 13.8. The minimum absolute atomic E-state index is 0.205. The predicted molar refractivity (Wildman–Crippen MR) is 65.4 cm³/mol. The quantitative estimate of drug-likeness (QED) is 0.735. The second-order valence-electron chi connectivity index (χ2n) is 5.66. The van der Waals surface area contributed by atoms with E-state index >= 15 is 0 Å². The van der Waals surface area contributed by atoms with Gasteiger partial charge in [0.25, 0.3) is 0 Å². The predicted octanol–water partition coefficient (Wildman–Crippen LogP) is 3.81. The van der Waals surface area contributed by atoms with Gasteiger partial charge in [-0.15, -0.1) is 0 Å². The van der Waals surface area contributed by atoms with Gasteiger partial charge in [0.2, 0.25) is 0 Å². The summed E-state index contributed by atoms with van der Waals surface area (Å²) in [4.78, 5) is 3.19. The Morgan fingerprint density at radius 3 is 2.53 bits per heavy atom. The number of hydrogen-bond acceptors (Lipinski definition) is 1. The first kappa shape index (κ1) is 10.8. The van der Waals surface area contributed by atoms with Gasteiger partial charge >= 0.3 is 0 Å². The molecule has 3 heteroatoms. The van der Waals surface area contributed by atoms with E-state index in [1.807, 2.05) is 33.8 Å². The number of ether oxygens (including phenoxy) is 1. The number of fused-ring (bicyclic) bond motifs is 3. The van der Waals surface area contributed by atoms with Crippen LogP contribution in [0.2, 0.25) is 0 Å². The number of para-hydroxylation sites is 1. The van der Waals surface area contributed by atoms with Crippen molar-refractivity contribution in [1.29, 1.82) is 0 Å². The zero-order chi connectivity index (χ0) is 12.4. The number of hydrogen-bond donors (Lipinski definition) is 1. The van der Waals surface area contributed by atoms with Crippen molar-refractivity contribution < 1.29 is 9.13 Å². The highest BCUT2D eigenvalue weighted by atomic mass is 19.1. The highest BCUT2D eigenvalue weighted by molar-refractivity contribution is 5.87. The first-order valence-corrected chi connectivity index (χ1v) is 5.84. The largest absolute Gasteiger partial charge is 0.359 e. The summed E-state index contributed by atoms with van der Waals surface area (Å²) in [6.45, 7) is 8.07. The summed E-state index contributed by atoms with van der Waals surface area (Å²) >= 11 is 0. The molecule has 1 aromatic carbocycles. The molecule has 1 N–H and O–H groups in total. The monoisotopic (exact) mass is 233 g/mol. The van der Waals surface area contributed by atoms with E-state index in [1.165, 1.54) is 6.07 Å². The summed E-state index contributed by atoms with van der Waals surface area (Å²) in [5, 5.41) is 0.926. The zero-order valence-electron chi connectivity index (χ0n) is 10.5. The van der Waals surface area contributed by atoms with Crippen molar-refractivity contribution in [3.8, 4) is 0 Å². The third kappa shape index (κ3) is 1.29. The van der Waals surface area contributed by atoms with E-state index in [9.17, 15) is 4.39 Å². The van der Waals surface area contributed by atoms with Gasteiger partial charge in [0.05, 0.1) is 16.8 Å². The van der Waals surface area contributed by atoms with E-state index in [4.69, 9.17) is 4.74 Å². The van der Waals surface area contributed by atoms with Crippen LogP contribution in [0.15, 0.2) is 18.2 Å². The fraction of sp³-hybridized carbons (Fsp3) is 0.429. The molecule has 2 nitrogen and oxygen atoms in total. The van der Waals surface area contributed by atoms with Gasteiger partial charge in [-0.1, -0.05) is 12.1 Å². The molecule has 0 aliphatic carbocycles. The van der Waals surface area contributed by atoms with Crippen LogP contribution in [-0.4, -0.2) is 4.98 Å². The smallest absolute Gasteiger partial charge is 0.147 e. The topological polar surface area (TPSA) is 25.0 Å². The third-order valence-corrected chi connectivity index (χ3v) is 3.50. The minimum atomic E-state index is -0.399. The minimum Gasteiger partial charge on any atom is -0.359 e. The molecular weight excluding hydrogens is 217 g/mol. The lowest BCUT2D eigenvalue weighted by atomic mass is 9.94. The van der Waals surface area contributed by atoms with Crippen molar-refractivity contribution in [2.24, 2.45) is 0 Å². The Morgan fingerprint density at radius 2 is 1.82 bits per heavy atom. The Labute approximate surface area is 99.8 Å². The fourth-order valence-corrected chi connectivity index (χ4v) is 3.00.